The maximum atomic E-state index is 10.5. The van der Waals surface area contributed by atoms with Crippen molar-refractivity contribution >= 4 is 5.97 Å². The Balaban J connectivity index is 3.97. The highest BCUT2D eigenvalue weighted by Crippen LogP contribution is 2.14. The van der Waals surface area contributed by atoms with Gasteiger partial charge >= 0.3 is 5.97 Å². The number of carboxylic acids is 1. The fourth-order valence-corrected chi connectivity index (χ4v) is 0.986. The van der Waals surface area contributed by atoms with Gasteiger partial charge in [0.25, 0.3) is 0 Å². The second kappa shape index (κ2) is 4.69. The Morgan fingerprint density at radius 2 is 2.08 bits per heavy atom. The first kappa shape index (κ1) is 10.9. The fourth-order valence-electron chi connectivity index (χ4n) is 0.986. The lowest BCUT2D eigenvalue weighted by Gasteiger charge is -2.12. The quantitative estimate of drug-likeness (QED) is 0.499. The standard InChI is InChI=1S/C7H13NO4/c1-5(2)6(7(9)10)3-4-8(11)12/h5-6H,3-4H2,1-2H3,(H,9,10). The number of carbonyl (C=O) groups is 1. The van der Waals surface area contributed by atoms with Crippen molar-refractivity contribution in [2.75, 3.05) is 6.54 Å². The Labute approximate surface area is 70.5 Å². The average Bonchev–Trinajstić information content (AvgIpc) is 1.84. The zero-order valence-corrected chi connectivity index (χ0v) is 7.19. The highest BCUT2D eigenvalue weighted by atomic mass is 16.6. The van der Waals surface area contributed by atoms with Crippen LogP contribution in [0.25, 0.3) is 0 Å². The largest absolute Gasteiger partial charge is 0.481 e. The van der Waals surface area contributed by atoms with Crippen molar-refractivity contribution in [1.29, 1.82) is 0 Å². The molecule has 0 aliphatic rings. The van der Waals surface area contributed by atoms with Crippen LogP contribution in [0.1, 0.15) is 20.3 Å². The summed E-state index contributed by atoms with van der Waals surface area (Å²) in [4.78, 5) is 20.0. The van der Waals surface area contributed by atoms with Gasteiger partial charge in [-0.1, -0.05) is 13.8 Å². The normalized spacial score (nSPS) is 12.9. The summed E-state index contributed by atoms with van der Waals surface area (Å²) in [6.45, 7) is 3.23. The smallest absolute Gasteiger partial charge is 0.307 e. The molecule has 0 radical (unpaired) electrons. The van der Waals surface area contributed by atoms with E-state index in [1.165, 1.54) is 0 Å². The molecule has 0 aromatic carbocycles. The van der Waals surface area contributed by atoms with Crippen LogP contribution in [0.3, 0.4) is 0 Å². The lowest BCUT2D eigenvalue weighted by molar-refractivity contribution is -0.481. The summed E-state index contributed by atoms with van der Waals surface area (Å²) < 4.78 is 0. The molecule has 0 heterocycles. The third-order valence-corrected chi connectivity index (χ3v) is 1.74. The van der Waals surface area contributed by atoms with Crippen molar-refractivity contribution in [2.24, 2.45) is 11.8 Å². The third-order valence-electron chi connectivity index (χ3n) is 1.74. The van der Waals surface area contributed by atoms with Gasteiger partial charge in [-0.15, -0.1) is 0 Å². The van der Waals surface area contributed by atoms with Crippen LogP contribution in [0.4, 0.5) is 0 Å². The van der Waals surface area contributed by atoms with Crippen molar-refractivity contribution in [3.8, 4) is 0 Å². The van der Waals surface area contributed by atoms with Gasteiger partial charge in [-0.05, 0) is 5.92 Å². The Hall–Kier alpha value is -1.13. The molecule has 0 aromatic rings. The van der Waals surface area contributed by atoms with Crippen molar-refractivity contribution in [3.63, 3.8) is 0 Å². The summed E-state index contributed by atoms with van der Waals surface area (Å²) in [5.74, 6) is -1.61. The molecule has 5 heteroatoms. The van der Waals surface area contributed by atoms with E-state index in [0.29, 0.717) is 0 Å². The van der Waals surface area contributed by atoms with Crippen LogP contribution in [0, 0.1) is 22.0 Å². The lowest BCUT2D eigenvalue weighted by Crippen LogP contribution is -2.22. The molecule has 1 atom stereocenters. The molecule has 1 N–H and O–H groups in total. The maximum absolute atomic E-state index is 10.5. The average molecular weight is 175 g/mol. The molecule has 70 valence electrons. The van der Waals surface area contributed by atoms with E-state index in [9.17, 15) is 14.9 Å². The first-order chi connectivity index (χ1) is 5.45. The van der Waals surface area contributed by atoms with Gasteiger partial charge in [0.15, 0.2) is 0 Å². The van der Waals surface area contributed by atoms with Crippen LogP contribution in [-0.2, 0) is 4.79 Å². The van der Waals surface area contributed by atoms with Crippen molar-refractivity contribution < 1.29 is 14.8 Å². The minimum Gasteiger partial charge on any atom is -0.481 e. The molecule has 0 rings (SSSR count). The van der Waals surface area contributed by atoms with Crippen LogP contribution in [-0.4, -0.2) is 22.5 Å². The van der Waals surface area contributed by atoms with Gasteiger partial charge in [0.1, 0.15) is 0 Å². The predicted molar refractivity (Wildman–Crippen MR) is 42.4 cm³/mol. The van der Waals surface area contributed by atoms with Gasteiger partial charge in [0.2, 0.25) is 6.54 Å². The van der Waals surface area contributed by atoms with E-state index in [0.717, 1.165) is 0 Å². The molecule has 0 spiro atoms. The summed E-state index contributed by atoms with van der Waals surface area (Å²) in [6, 6.07) is 0. The molecule has 0 aliphatic heterocycles. The number of carboxylic acid groups (broad SMARTS) is 1. The minimum absolute atomic E-state index is 0.0533. The zero-order valence-electron chi connectivity index (χ0n) is 7.19. The molecule has 0 aromatic heterocycles. The van der Waals surface area contributed by atoms with Gasteiger partial charge in [0, 0.05) is 11.3 Å². The molecule has 1 unspecified atom stereocenters. The number of aliphatic carboxylic acids is 1. The Morgan fingerprint density at radius 1 is 1.58 bits per heavy atom. The number of rotatable bonds is 5. The predicted octanol–water partition coefficient (Wildman–Crippen LogP) is 1.01. The zero-order chi connectivity index (χ0) is 9.72. The van der Waals surface area contributed by atoms with Gasteiger partial charge < -0.3 is 5.11 Å². The van der Waals surface area contributed by atoms with Crippen LogP contribution < -0.4 is 0 Å². The Kier molecular flexibility index (Phi) is 4.25. The Morgan fingerprint density at radius 3 is 2.33 bits per heavy atom. The monoisotopic (exact) mass is 175 g/mol. The van der Waals surface area contributed by atoms with E-state index >= 15 is 0 Å². The van der Waals surface area contributed by atoms with E-state index in [-0.39, 0.29) is 18.9 Å². The first-order valence-electron chi connectivity index (χ1n) is 3.79. The molecule has 0 amide bonds. The SMILES string of the molecule is CC(C)C(CC[N+](=O)[O-])C(=O)O. The molecule has 0 saturated heterocycles. The first-order valence-corrected chi connectivity index (χ1v) is 3.79. The molecule has 5 nitrogen and oxygen atoms in total. The summed E-state index contributed by atoms with van der Waals surface area (Å²) in [6.07, 6.45) is 0.111. The highest BCUT2D eigenvalue weighted by molar-refractivity contribution is 5.70. The van der Waals surface area contributed by atoms with Crippen LogP contribution in [0.2, 0.25) is 0 Å². The van der Waals surface area contributed by atoms with Gasteiger partial charge in [-0.25, -0.2) is 0 Å². The molecule has 0 fully saturated rings. The van der Waals surface area contributed by atoms with E-state index in [1.807, 2.05) is 0 Å². The van der Waals surface area contributed by atoms with Crippen LogP contribution in [0.15, 0.2) is 0 Å². The number of nitro groups is 1. The molecule has 0 bridgehead atoms. The topological polar surface area (TPSA) is 80.4 Å². The van der Waals surface area contributed by atoms with Crippen molar-refractivity contribution in [2.45, 2.75) is 20.3 Å². The van der Waals surface area contributed by atoms with E-state index in [1.54, 1.807) is 13.8 Å². The second-order valence-corrected chi connectivity index (χ2v) is 3.03. The Bertz CT molecular complexity index is 178. The van der Waals surface area contributed by atoms with Gasteiger partial charge in [-0.3, -0.25) is 14.9 Å². The molecular weight excluding hydrogens is 162 g/mol. The molecular formula is C7H13NO4. The summed E-state index contributed by atoms with van der Waals surface area (Å²) >= 11 is 0. The second-order valence-electron chi connectivity index (χ2n) is 3.03. The summed E-state index contributed by atoms with van der Waals surface area (Å²) in [7, 11) is 0. The number of hydrogen-bond donors (Lipinski definition) is 1. The van der Waals surface area contributed by atoms with Crippen molar-refractivity contribution in [1.82, 2.24) is 0 Å². The lowest BCUT2D eigenvalue weighted by atomic mass is 9.93. The van der Waals surface area contributed by atoms with Gasteiger partial charge in [-0.2, -0.15) is 0 Å². The molecule has 0 aliphatic carbocycles. The summed E-state index contributed by atoms with van der Waals surface area (Å²) in [5.41, 5.74) is 0. The maximum Gasteiger partial charge on any atom is 0.307 e. The van der Waals surface area contributed by atoms with E-state index < -0.39 is 16.8 Å². The number of nitrogens with zero attached hydrogens (tertiary/aromatic N) is 1. The van der Waals surface area contributed by atoms with Crippen molar-refractivity contribution in [3.05, 3.63) is 10.1 Å². The number of hydrogen-bond acceptors (Lipinski definition) is 3. The fraction of sp³-hybridized carbons (Fsp3) is 0.857. The van der Waals surface area contributed by atoms with E-state index in [2.05, 4.69) is 0 Å². The third kappa shape index (κ3) is 3.90. The van der Waals surface area contributed by atoms with Crippen LogP contribution in [0.5, 0.6) is 0 Å². The van der Waals surface area contributed by atoms with Crippen LogP contribution >= 0.6 is 0 Å². The summed E-state index contributed by atoms with van der Waals surface area (Å²) in [5, 5.41) is 18.6. The van der Waals surface area contributed by atoms with E-state index in [4.69, 9.17) is 5.11 Å². The van der Waals surface area contributed by atoms with Gasteiger partial charge in [0.05, 0.1) is 5.92 Å². The molecule has 0 saturated carbocycles. The highest BCUT2D eigenvalue weighted by Gasteiger charge is 2.22. The molecule has 12 heavy (non-hydrogen) atoms. The minimum atomic E-state index is -0.952.